The summed E-state index contributed by atoms with van der Waals surface area (Å²) < 4.78 is 1.49. The summed E-state index contributed by atoms with van der Waals surface area (Å²) >= 11 is 1.66. The first-order chi connectivity index (χ1) is 15.8. The lowest BCUT2D eigenvalue weighted by atomic mass is 9.92. The van der Waals surface area contributed by atoms with Crippen LogP contribution in [0.1, 0.15) is 65.6 Å². The van der Waals surface area contributed by atoms with Gasteiger partial charge in [0.05, 0.1) is 6.54 Å². The number of nitrogens with one attached hydrogen (secondary N) is 2. The van der Waals surface area contributed by atoms with Crippen molar-refractivity contribution >= 4 is 29.5 Å². The molecule has 0 spiro atoms. The van der Waals surface area contributed by atoms with Gasteiger partial charge in [0.15, 0.2) is 5.69 Å². The zero-order valence-electron chi connectivity index (χ0n) is 19.4. The van der Waals surface area contributed by atoms with Crippen molar-refractivity contribution in [1.82, 2.24) is 25.3 Å². The molecule has 1 atom stereocenters. The Bertz CT molecular complexity index is 1040. The number of fused-ring (bicyclic) bond motifs is 1. The van der Waals surface area contributed by atoms with Crippen molar-refractivity contribution in [2.45, 2.75) is 68.6 Å². The van der Waals surface area contributed by atoms with Crippen molar-refractivity contribution in [3.05, 3.63) is 47.3 Å². The fourth-order valence-electron chi connectivity index (χ4n) is 4.44. The van der Waals surface area contributed by atoms with Crippen LogP contribution in [0.2, 0.25) is 0 Å². The Labute approximate surface area is 198 Å². The molecule has 1 aromatic carbocycles. The lowest BCUT2D eigenvalue weighted by Gasteiger charge is -2.41. The smallest absolute Gasteiger partial charge is 0.272 e. The maximum absolute atomic E-state index is 13.2. The van der Waals surface area contributed by atoms with Gasteiger partial charge in [0.2, 0.25) is 5.91 Å². The highest BCUT2D eigenvalue weighted by Crippen LogP contribution is 2.27. The molecular weight excluding hydrogens is 438 g/mol. The van der Waals surface area contributed by atoms with E-state index in [9.17, 15) is 14.4 Å². The number of hydrogen-bond acceptors (Lipinski definition) is 5. The maximum atomic E-state index is 13.2. The van der Waals surface area contributed by atoms with Crippen molar-refractivity contribution < 1.29 is 14.4 Å². The van der Waals surface area contributed by atoms with Gasteiger partial charge in [-0.1, -0.05) is 31.4 Å². The van der Waals surface area contributed by atoms with Crippen molar-refractivity contribution in [3.63, 3.8) is 0 Å². The Morgan fingerprint density at radius 2 is 1.88 bits per heavy atom. The lowest BCUT2D eigenvalue weighted by Crippen LogP contribution is -2.63. The highest BCUT2D eigenvalue weighted by molar-refractivity contribution is 7.98. The SMILES string of the molecule is CSc1ccc(CNC(=O)c2cc3n(n2)C[C@@](C)(C(=O)NC2CCCCC2)N(C)C3=O)cc1. The van der Waals surface area contributed by atoms with Gasteiger partial charge < -0.3 is 15.5 Å². The molecule has 2 aliphatic rings. The Morgan fingerprint density at radius 1 is 1.18 bits per heavy atom. The third-order valence-corrected chi connectivity index (χ3v) is 7.52. The molecule has 1 aliphatic heterocycles. The van der Waals surface area contributed by atoms with Crippen molar-refractivity contribution in [1.29, 1.82) is 0 Å². The quantitative estimate of drug-likeness (QED) is 0.635. The predicted molar refractivity (Wildman–Crippen MR) is 127 cm³/mol. The van der Waals surface area contributed by atoms with Crippen LogP contribution < -0.4 is 10.6 Å². The average Bonchev–Trinajstić information content (AvgIpc) is 3.26. The largest absolute Gasteiger partial charge is 0.351 e. The standard InChI is InChI=1S/C24H31N5O3S/c1-24(23(32)26-17-7-5-4-6-8-17)15-29-20(22(31)28(24)2)13-19(27-29)21(30)25-14-16-9-11-18(33-3)12-10-16/h9-13,17H,4-8,14-15H2,1-3H3,(H,25,30)(H,26,32)/t24-/m0/s1. The molecule has 0 bridgehead atoms. The van der Waals surface area contributed by atoms with Crippen LogP contribution in [0.25, 0.3) is 0 Å². The summed E-state index contributed by atoms with van der Waals surface area (Å²) in [7, 11) is 1.64. The summed E-state index contributed by atoms with van der Waals surface area (Å²) in [6, 6.07) is 9.61. The number of benzene rings is 1. The van der Waals surface area contributed by atoms with E-state index in [1.807, 2.05) is 30.5 Å². The molecule has 33 heavy (non-hydrogen) atoms. The minimum atomic E-state index is -1.07. The number of hydrogen-bond donors (Lipinski definition) is 2. The van der Waals surface area contributed by atoms with E-state index in [4.69, 9.17) is 0 Å². The van der Waals surface area contributed by atoms with E-state index in [1.165, 1.54) is 22.1 Å². The zero-order chi connectivity index (χ0) is 23.6. The van der Waals surface area contributed by atoms with Gasteiger partial charge in [-0.15, -0.1) is 11.8 Å². The van der Waals surface area contributed by atoms with E-state index >= 15 is 0 Å². The third-order valence-electron chi connectivity index (χ3n) is 6.78. The molecule has 0 unspecified atom stereocenters. The van der Waals surface area contributed by atoms with E-state index in [0.29, 0.717) is 12.2 Å². The first-order valence-corrected chi connectivity index (χ1v) is 12.6. The van der Waals surface area contributed by atoms with Crippen LogP contribution >= 0.6 is 11.8 Å². The average molecular weight is 470 g/mol. The highest BCUT2D eigenvalue weighted by atomic mass is 32.2. The Balaban J connectivity index is 1.45. The van der Waals surface area contributed by atoms with E-state index in [0.717, 1.165) is 36.1 Å². The highest BCUT2D eigenvalue weighted by Gasteiger charge is 2.46. The van der Waals surface area contributed by atoms with E-state index in [2.05, 4.69) is 15.7 Å². The molecule has 0 saturated heterocycles. The van der Waals surface area contributed by atoms with E-state index < -0.39 is 5.54 Å². The zero-order valence-corrected chi connectivity index (χ0v) is 20.2. The van der Waals surface area contributed by atoms with Gasteiger partial charge in [0, 0.05) is 30.6 Å². The second-order valence-electron chi connectivity index (χ2n) is 9.05. The van der Waals surface area contributed by atoms with Gasteiger partial charge in [-0.05, 0) is 43.7 Å². The molecule has 3 amide bonds. The number of nitrogens with zero attached hydrogens (tertiary/aromatic N) is 3. The van der Waals surface area contributed by atoms with Crippen LogP contribution in [0.5, 0.6) is 0 Å². The van der Waals surface area contributed by atoms with E-state index in [-0.39, 0.29) is 36.0 Å². The Hall–Kier alpha value is -2.81. The number of rotatable bonds is 6. The summed E-state index contributed by atoms with van der Waals surface area (Å²) in [5.74, 6) is -0.845. The van der Waals surface area contributed by atoms with Crippen LogP contribution in [0.4, 0.5) is 0 Å². The first kappa shape index (κ1) is 23.4. The monoisotopic (exact) mass is 469 g/mol. The number of amides is 3. The van der Waals surface area contributed by atoms with Gasteiger partial charge in [0.1, 0.15) is 11.2 Å². The second-order valence-corrected chi connectivity index (χ2v) is 9.93. The topological polar surface area (TPSA) is 96.3 Å². The number of likely N-dealkylation sites (N-methyl/N-ethyl adjacent to an activating group) is 1. The van der Waals surface area contributed by atoms with Crippen LogP contribution in [0.15, 0.2) is 35.2 Å². The van der Waals surface area contributed by atoms with Crippen molar-refractivity contribution in [2.24, 2.45) is 0 Å². The first-order valence-electron chi connectivity index (χ1n) is 11.4. The normalized spacial score (nSPS) is 20.9. The van der Waals surface area contributed by atoms with Crippen LogP contribution in [0.3, 0.4) is 0 Å². The second kappa shape index (κ2) is 9.59. The minimum Gasteiger partial charge on any atom is -0.351 e. The molecule has 1 saturated carbocycles. The fourth-order valence-corrected chi connectivity index (χ4v) is 4.85. The number of aromatic nitrogens is 2. The molecule has 1 aromatic heterocycles. The Morgan fingerprint density at radius 3 is 2.55 bits per heavy atom. The molecule has 8 nitrogen and oxygen atoms in total. The van der Waals surface area contributed by atoms with Gasteiger partial charge >= 0.3 is 0 Å². The molecule has 4 rings (SSSR count). The molecule has 1 aliphatic carbocycles. The molecule has 0 radical (unpaired) electrons. The molecule has 2 N–H and O–H groups in total. The summed E-state index contributed by atoms with van der Waals surface area (Å²) in [6.07, 6.45) is 7.38. The van der Waals surface area contributed by atoms with Gasteiger partial charge in [-0.25, -0.2) is 0 Å². The maximum Gasteiger partial charge on any atom is 0.272 e. The molecule has 1 fully saturated rings. The summed E-state index contributed by atoms with van der Waals surface area (Å²) in [4.78, 5) is 41.6. The van der Waals surface area contributed by atoms with E-state index in [1.54, 1.807) is 25.7 Å². The van der Waals surface area contributed by atoms with Gasteiger partial charge in [-0.2, -0.15) is 5.10 Å². The Kier molecular flexibility index (Phi) is 6.78. The predicted octanol–water partition coefficient (Wildman–Crippen LogP) is 2.83. The lowest BCUT2D eigenvalue weighted by molar-refractivity contribution is -0.133. The fraction of sp³-hybridized carbons (Fsp3) is 0.500. The summed E-state index contributed by atoms with van der Waals surface area (Å²) in [5, 5.41) is 10.4. The molecular formula is C24H31N5O3S. The van der Waals surface area contributed by atoms with Gasteiger partial charge in [0.25, 0.3) is 11.8 Å². The van der Waals surface area contributed by atoms with Crippen LogP contribution in [-0.4, -0.2) is 57.3 Å². The van der Waals surface area contributed by atoms with Crippen LogP contribution in [0, 0.1) is 0 Å². The summed E-state index contributed by atoms with van der Waals surface area (Å²) in [6.45, 7) is 2.32. The van der Waals surface area contributed by atoms with Crippen molar-refractivity contribution in [2.75, 3.05) is 13.3 Å². The van der Waals surface area contributed by atoms with Crippen LogP contribution in [-0.2, 0) is 17.9 Å². The van der Waals surface area contributed by atoms with Gasteiger partial charge in [-0.3, -0.25) is 19.1 Å². The van der Waals surface area contributed by atoms with Crippen molar-refractivity contribution in [3.8, 4) is 0 Å². The number of thioether (sulfide) groups is 1. The third kappa shape index (κ3) is 4.78. The molecule has 176 valence electrons. The molecule has 2 aromatic rings. The number of carbonyl (C=O) groups excluding carboxylic acids is 3. The molecule has 2 heterocycles. The number of carbonyl (C=O) groups is 3. The molecule has 9 heteroatoms. The minimum absolute atomic E-state index is 0.150. The summed E-state index contributed by atoms with van der Waals surface area (Å²) in [5.41, 5.74) is 0.396.